The first-order valence-electron chi connectivity index (χ1n) is 9.28. The van der Waals surface area contributed by atoms with Gasteiger partial charge in [0.15, 0.2) is 6.10 Å². The van der Waals surface area contributed by atoms with Crippen LogP contribution in [0.25, 0.3) is 11.0 Å². The van der Waals surface area contributed by atoms with E-state index in [1.807, 2.05) is 31.2 Å². The molecule has 0 spiro atoms. The zero-order valence-electron chi connectivity index (χ0n) is 16.6. The van der Waals surface area contributed by atoms with Gasteiger partial charge in [0.25, 0.3) is 5.91 Å². The number of anilines is 1. The fourth-order valence-electron chi connectivity index (χ4n) is 2.90. The molecule has 29 heavy (non-hydrogen) atoms. The van der Waals surface area contributed by atoms with Gasteiger partial charge in [-0.15, -0.1) is 0 Å². The predicted molar refractivity (Wildman–Crippen MR) is 108 cm³/mol. The average Bonchev–Trinajstić information content (AvgIpc) is 3.09. The Kier molecular flexibility index (Phi) is 6.51. The molecule has 1 atom stereocenters. The third-order valence-corrected chi connectivity index (χ3v) is 4.27. The molecule has 1 heterocycles. The summed E-state index contributed by atoms with van der Waals surface area (Å²) in [5.41, 5.74) is 1.64. The molecule has 2 aromatic carbocycles. The van der Waals surface area contributed by atoms with E-state index in [0.29, 0.717) is 29.2 Å². The number of carbonyl (C=O) groups excluding carboxylic acids is 2. The molecule has 0 aliphatic rings. The third kappa shape index (κ3) is 4.57. The van der Waals surface area contributed by atoms with Gasteiger partial charge in [0.1, 0.15) is 11.3 Å². The number of esters is 1. The first kappa shape index (κ1) is 20.4. The number of para-hydroxylation sites is 3. The largest absolute Gasteiger partial charge is 0.492 e. The Morgan fingerprint density at radius 1 is 1.10 bits per heavy atom. The van der Waals surface area contributed by atoms with E-state index >= 15 is 0 Å². The minimum Gasteiger partial charge on any atom is -0.492 e. The van der Waals surface area contributed by atoms with Crippen LogP contribution in [0.5, 0.6) is 5.75 Å². The van der Waals surface area contributed by atoms with Gasteiger partial charge in [0, 0.05) is 18.1 Å². The molecular formula is C22H23NO6. The van der Waals surface area contributed by atoms with Gasteiger partial charge in [-0.25, -0.2) is 4.79 Å². The highest BCUT2D eigenvalue weighted by atomic mass is 16.6. The molecule has 152 valence electrons. The zero-order valence-corrected chi connectivity index (χ0v) is 16.6. The Morgan fingerprint density at radius 3 is 2.59 bits per heavy atom. The van der Waals surface area contributed by atoms with Crippen LogP contribution in [0.15, 0.2) is 52.9 Å². The second-order valence-corrected chi connectivity index (χ2v) is 6.30. The lowest BCUT2D eigenvalue weighted by molar-refractivity contribution is -0.123. The highest BCUT2D eigenvalue weighted by molar-refractivity contribution is 6.00. The number of fused-ring (bicyclic) bond motifs is 1. The van der Waals surface area contributed by atoms with Crippen LogP contribution in [0.2, 0.25) is 0 Å². The van der Waals surface area contributed by atoms with Crippen LogP contribution in [0.3, 0.4) is 0 Å². The van der Waals surface area contributed by atoms with E-state index < -0.39 is 18.0 Å². The average molecular weight is 397 g/mol. The van der Waals surface area contributed by atoms with E-state index in [1.54, 1.807) is 24.3 Å². The lowest BCUT2D eigenvalue weighted by atomic mass is 10.1. The van der Waals surface area contributed by atoms with Crippen molar-refractivity contribution in [2.45, 2.75) is 26.6 Å². The molecule has 0 saturated heterocycles. The zero-order chi connectivity index (χ0) is 20.8. The lowest BCUT2D eigenvalue weighted by Gasteiger charge is -2.15. The second kappa shape index (κ2) is 9.25. The molecule has 3 rings (SSSR count). The summed E-state index contributed by atoms with van der Waals surface area (Å²) in [4.78, 5) is 25.2. The predicted octanol–water partition coefficient (Wildman–Crippen LogP) is 4.16. The van der Waals surface area contributed by atoms with Gasteiger partial charge < -0.3 is 23.9 Å². The van der Waals surface area contributed by atoms with Crippen LogP contribution in [-0.4, -0.2) is 31.7 Å². The molecule has 3 aromatic rings. The number of methoxy groups -OCH3 is 1. The molecule has 1 unspecified atom stereocenters. The number of furan rings is 1. The molecule has 0 fully saturated rings. The van der Waals surface area contributed by atoms with Gasteiger partial charge in [0.05, 0.1) is 18.9 Å². The maximum atomic E-state index is 12.7. The smallest absolute Gasteiger partial charge is 0.375 e. The van der Waals surface area contributed by atoms with Crippen molar-refractivity contribution >= 4 is 28.5 Å². The van der Waals surface area contributed by atoms with Crippen LogP contribution in [0.1, 0.15) is 30.0 Å². The van der Waals surface area contributed by atoms with Gasteiger partial charge in [0.2, 0.25) is 5.76 Å². The summed E-state index contributed by atoms with van der Waals surface area (Å²) >= 11 is 0. The van der Waals surface area contributed by atoms with E-state index in [9.17, 15) is 9.59 Å². The summed E-state index contributed by atoms with van der Waals surface area (Å²) in [6.07, 6.45) is -1.04. The molecule has 1 amide bonds. The van der Waals surface area contributed by atoms with Gasteiger partial charge >= 0.3 is 5.97 Å². The number of amides is 1. The van der Waals surface area contributed by atoms with Crippen molar-refractivity contribution < 1.29 is 28.2 Å². The number of ether oxygens (including phenoxy) is 3. The van der Waals surface area contributed by atoms with Crippen molar-refractivity contribution in [1.29, 1.82) is 0 Å². The Balaban J connectivity index is 1.75. The molecule has 7 heteroatoms. The lowest BCUT2D eigenvalue weighted by Crippen LogP contribution is -2.30. The van der Waals surface area contributed by atoms with E-state index in [-0.39, 0.29) is 12.4 Å². The van der Waals surface area contributed by atoms with Crippen molar-refractivity contribution in [2.24, 2.45) is 0 Å². The summed E-state index contributed by atoms with van der Waals surface area (Å²) < 4.78 is 21.7. The van der Waals surface area contributed by atoms with Crippen molar-refractivity contribution in [3.8, 4) is 5.75 Å². The fraction of sp³-hybridized carbons (Fsp3) is 0.273. The first-order chi connectivity index (χ1) is 14.0. The third-order valence-electron chi connectivity index (χ3n) is 4.27. The summed E-state index contributed by atoms with van der Waals surface area (Å²) in [7, 11) is 1.53. The topological polar surface area (TPSA) is 87.0 Å². The van der Waals surface area contributed by atoms with Crippen LogP contribution in [0, 0.1) is 0 Å². The maximum Gasteiger partial charge on any atom is 0.375 e. The quantitative estimate of drug-likeness (QED) is 0.574. The number of hydrogen-bond acceptors (Lipinski definition) is 6. The molecule has 1 N–H and O–H groups in total. The van der Waals surface area contributed by atoms with E-state index in [2.05, 4.69) is 5.32 Å². The Labute approximate surface area is 168 Å². The van der Waals surface area contributed by atoms with Gasteiger partial charge in [-0.1, -0.05) is 30.3 Å². The van der Waals surface area contributed by atoms with Gasteiger partial charge in [-0.3, -0.25) is 4.79 Å². The second-order valence-electron chi connectivity index (χ2n) is 6.30. The van der Waals surface area contributed by atoms with Gasteiger partial charge in [-0.05, 0) is 32.0 Å². The molecular weight excluding hydrogens is 374 g/mol. The van der Waals surface area contributed by atoms with E-state index in [1.165, 1.54) is 14.0 Å². The molecule has 0 aliphatic heterocycles. The Morgan fingerprint density at radius 2 is 1.83 bits per heavy atom. The highest BCUT2D eigenvalue weighted by Crippen LogP contribution is 2.28. The van der Waals surface area contributed by atoms with Crippen LogP contribution < -0.4 is 10.1 Å². The Bertz CT molecular complexity index is 1010. The molecule has 7 nitrogen and oxygen atoms in total. The van der Waals surface area contributed by atoms with E-state index in [0.717, 1.165) is 5.39 Å². The standard InChI is InChI=1S/C22H23NO6/c1-4-27-19-12-8-6-10-17(19)23-21(24)14(2)28-22(25)20-16(13-26-3)15-9-5-7-11-18(15)29-20/h5-12,14H,4,13H2,1-3H3,(H,23,24). The summed E-state index contributed by atoms with van der Waals surface area (Å²) in [5, 5.41) is 3.49. The molecule has 0 bridgehead atoms. The van der Waals surface area contributed by atoms with Crippen LogP contribution in [0.4, 0.5) is 5.69 Å². The number of rotatable bonds is 8. The first-order valence-corrected chi connectivity index (χ1v) is 9.28. The molecule has 1 aromatic heterocycles. The molecule has 0 radical (unpaired) electrons. The van der Waals surface area contributed by atoms with Crippen LogP contribution in [-0.2, 0) is 20.9 Å². The Hall–Kier alpha value is -3.32. The number of nitrogens with one attached hydrogen (secondary N) is 1. The fourth-order valence-corrected chi connectivity index (χ4v) is 2.90. The molecule has 0 aliphatic carbocycles. The van der Waals surface area contributed by atoms with Crippen molar-refractivity contribution in [1.82, 2.24) is 0 Å². The number of hydrogen-bond donors (Lipinski definition) is 1. The van der Waals surface area contributed by atoms with E-state index in [4.69, 9.17) is 18.6 Å². The van der Waals surface area contributed by atoms with Gasteiger partial charge in [-0.2, -0.15) is 0 Å². The normalized spacial score (nSPS) is 11.8. The summed E-state index contributed by atoms with van der Waals surface area (Å²) in [6.45, 7) is 4.00. The minimum absolute atomic E-state index is 0.0300. The summed E-state index contributed by atoms with van der Waals surface area (Å²) in [5.74, 6) is -0.632. The van der Waals surface area contributed by atoms with Crippen molar-refractivity contribution in [3.05, 3.63) is 59.9 Å². The van der Waals surface area contributed by atoms with Crippen molar-refractivity contribution in [2.75, 3.05) is 19.0 Å². The number of carbonyl (C=O) groups is 2. The minimum atomic E-state index is -1.04. The highest BCUT2D eigenvalue weighted by Gasteiger charge is 2.26. The van der Waals surface area contributed by atoms with Crippen molar-refractivity contribution in [3.63, 3.8) is 0 Å². The SMILES string of the molecule is CCOc1ccccc1NC(=O)C(C)OC(=O)c1oc2ccccc2c1COC. The molecule has 0 saturated carbocycles. The summed E-state index contributed by atoms with van der Waals surface area (Å²) in [6, 6.07) is 14.3. The number of benzene rings is 2. The van der Waals surface area contributed by atoms with Crippen LogP contribution >= 0.6 is 0 Å². The maximum absolute atomic E-state index is 12.7. The monoisotopic (exact) mass is 397 g/mol.